The van der Waals surface area contributed by atoms with Crippen molar-refractivity contribution in [3.05, 3.63) is 93.7 Å². The molecule has 3 heteroatoms. The van der Waals surface area contributed by atoms with Gasteiger partial charge in [-0.1, -0.05) is 76.0 Å². The maximum atomic E-state index is 5.63. The van der Waals surface area contributed by atoms with Crippen LogP contribution in [-0.4, -0.2) is 24.8 Å². The zero-order chi connectivity index (χ0) is 30.0. The van der Waals surface area contributed by atoms with Gasteiger partial charge in [0.1, 0.15) is 0 Å². The van der Waals surface area contributed by atoms with Gasteiger partial charge in [-0.15, -0.1) is 0 Å². The zero-order valence-corrected chi connectivity index (χ0v) is 27.4. The fraction of sp³-hybridized carbons (Fsp3) is 0.526. The molecule has 0 N–H and O–H groups in total. The highest BCUT2D eigenvalue weighted by Gasteiger charge is 2.14. The maximum Gasteiger partial charge on any atom is 0.231 e. The molecule has 226 valence electrons. The highest BCUT2D eigenvalue weighted by molar-refractivity contribution is 5.44. The van der Waals surface area contributed by atoms with E-state index in [0.29, 0.717) is 6.79 Å². The summed E-state index contributed by atoms with van der Waals surface area (Å²) in [5.74, 6) is 1.71. The number of fused-ring (bicyclic) bond motifs is 1. The van der Waals surface area contributed by atoms with Crippen molar-refractivity contribution in [2.24, 2.45) is 0 Å². The van der Waals surface area contributed by atoms with E-state index >= 15 is 0 Å². The van der Waals surface area contributed by atoms with Crippen LogP contribution in [0.5, 0.6) is 11.5 Å². The van der Waals surface area contributed by atoms with E-state index in [4.69, 9.17) is 9.47 Å². The predicted octanol–water partition coefficient (Wildman–Crippen LogP) is 11.1. The third-order valence-corrected chi connectivity index (χ3v) is 7.48. The predicted molar refractivity (Wildman–Crippen MR) is 179 cm³/mol. The quantitative estimate of drug-likeness (QED) is 0.167. The molecule has 1 aromatic carbocycles. The standard InChI is InChI=1S/C38H57NO2/c1-30(2)13-9-15-32(5)17-11-19-34(7)23-25-39(28-36-21-22-37-38(27-36)41-29-40-37)26-24-35(8)20-12-18-33(6)16-10-14-31(3)4/h13-14,17-18,21-24,27H,9-12,15-16,19-20,25-26,28-29H2,1-8H3. The molecule has 41 heavy (non-hydrogen) atoms. The Hall–Kier alpha value is -2.78. The van der Waals surface area contributed by atoms with Crippen LogP contribution in [-0.2, 0) is 6.54 Å². The molecule has 0 aromatic heterocycles. The van der Waals surface area contributed by atoms with E-state index in [9.17, 15) is 0 Å². The fourth-order valence-electron chi connectivity index (χ4n) is 4.75. The first-order valence-electron chi connectivity index (χ1n) is 15.6. The lowest BCUT2D eigenvalue weighted by atomic mass is 10.1. The van der Waals surface area contributed by atoms with Gasteiger partial charge in [0.15, 0.2) is 11.5 Å². The molecule has 1 aromatic rings. The Morgan fingerprint density at radius 1 is 0.585 bits per heavy atom. The van der Waals surface area contributed by atoms with Crippen molar-refractivity contribution in [3.63, 3.8) is 0 Å². The molecule has 0 atom stereocenters. The van der Waals surface area contributed by atoms with E-state index in [0.717, 1.165) is 82.5 Å². The van der Waals surface area contributed by atoms with Crippen LogP contribution in [0.15, 0.2) is 88.1 Å². The number of hydrogen-bond acceptors (Lipinski definition) is 3. The lowest BCUT2D eigenvalue weighted by Crippen LogP contribution is -2.24. The van der Waals surface area contributed by atoms with E-state index in [1.807, 2.05) is 6.07 Å². The van der Waals surface area contributed by atoms with E-state index < -0.39 is 0 Å². The van der Waals surface area contributed by atoms with Crippen molar-refractivity contribution < 1.29 is 9.47 Å². The Labute approximate surface area is 252 Å². The SMILES string of the molecule is CC(C)=CCCC(C)=CCCC(C)=CCN(CC=C(C)CCC=C(C)CCC=C(C)C)Cc1ccc2c(c1)OCO2. The number of nitrogens with zero attached hydrogens (tertiary/aromatic N) is 1. The molecule has 0 amide bonds. The molecule has 1 heterocycles. The molecule has 0 spiro atoms. The van der Waals surface area contributed by atoms with E-state index in [1.165, 1.54) is 39.0 Å². The summed E-state index contributed by atoms with van der Waals surface area (Å²) in [7, 11) is 0. The number of rotatable bonds is 18. The average molecular weight is 560 g/mol. The highest BCUT2D eigenvalue weighted by Crippen LogP contribution is 2.32. The second kappa shape index (κ2) is 19.4. The number of hydrogen-bond donors (Lipinski definition) is 0. The number of ether oxygens (including phenoxy) is 2. The molecule has 3 nitrogen and oxygen atoms in total. The summed E-state index contributed by atoms with van der Waals surface area (Å²) >= 11 is 0. The normalized spacial score (nSPS) is 14.1. The van der Waals surface area contributed by atoms with Crippen molar-refractivity contribution in [2.45, 2.75) is 113 Å². The van der Waals surface area contributed by atoms with Crippen molar-refractivity contribution >= 4 is 0 Å². The lowest BCUT2D eigenvalue weighted by Gasteiger charge is -2.20. The Bertz CT molecular complexity index is 1060. The topological polar surface area (TPSA) is 21.7 Å². The van der Waals surface area contributed by atoms with Gasteiger partial charge < -0.3 is 9.47 Å². The molecule has 0 saturated carbocycles. The first-order valence-corrected chi connectivity index (χ1v) is 15.6. The monoisotopic (exact) mass is 559 g/mol. The molecule has 2 rings (SSSR count). The van der Waals surface area contributed by atoms with Gasteiger partial charge in [0.05, 0.1) is 0 Å². The Balaban J connectivity index is 1.95. The highest BCUT2D eigenvalue weighted by atomic mass is 16.7. The zero-order valence-electron chi connectivity index (χ0n) is 27.4. The summed E-state index contributed by atoms with van der Waals surface area (Å²) in [6, 6.07) is 6.34. The first kappa shape index (κ1) is 34.4. The van der Waals surface area contributed by atoms with E-state index in [1.54, 1.807) is 0 Å². The second-order valence-electron chi connectivity index (χ2n) is 12.3. The minimum atomic E-state index is 0.318. The van der Waals surface area contributed by atoms with Crippen LogP contribution in [0.25, 0.3) is 0 Å². The summed E-state index contributed by atoms with van der Waals surface area (Å²) in [5.41, 5.74) is 9.99. The summed E-state index contributed by atoms with van der Waals surface area (Å²) in [6.45, 7) is 20.9. The molecule has 0 aliphatic carbocycles. The third-order valence-electron chi connectivity index (χ3n) is 7.48. The van der Waals surface area contributed by atoms with Gasteiger partial charge in [-0.3, -0.25) is 4.90 Å². The van der Waals surface area contributed by atoms with Crippen LogP contribution >= 0.6 is 0 Å². The summed E-state index contributed by atoms with van der Waals surface area (Å²) in [4.78, 5) is 2.52. The van der Waals surface area contributed by atoms with Crippen LogP contribution < -0.4 is 9.47 Å². The molecule has 0 fully saturated rings. The molecular weight excluding hydrogens is 502 g/mol. The van der Waals surface area contributed by atoms with Gasteiger partial charge in [-0.2, -0.15) is 0 Å². The van der Waals surface area contributed by atoms with Gasteiger partial charge >= 0.3 is 0 Å². The smallest absolute Gasteiger partial charge is 0.231 e. The number of allylic oxidation sites excluding steroid dienone is 10. The third kappa shape index (κ3) is 15.7. The summed E-state index contributed by atoms with van der Waals surface area (Å²) in [5, 5.41) is 0. The Morgan fingerprint density at radius 2 is 1.02 bits per heavy atom. The summed E-state index contributed by atoms with van der Waals surface area (Å²) < 4.78 is 11.2. The van der Waals surface area contributed by atoms with Gasteiger partial charge in [-0.25, -0.2) is 0 Å². The lowest BCUT2D eigenvalue weighted by molar-refractivity contribution is 0.174. The molecule has 0 radical (unpaired) electrons. The average Bonchev–Trinajstić information content (AvgIpc) is 3.38. The minimum Gasteiger partial charge on any atom is -0.454 e. The Morgan fingerprint density at radius 3 is 1.51 bits per heavy atom. The van der Waals surface area contributed by atoms with Crippen LogP contribution in [0.1, 0.15) is 112 Å². The molecule has 0 saturated heterocycles. The minimum absolute atomic E-state index is 0.318. The molecule has 1 aliphatic heterocycles. The van der Waals surface area contributed by atoms with Gasteiger partial charge in [0, 0.05) is 19.6 Å². The van der Waals surface area contributed by atoms with E-state index in [-0.39, 0.29) is 0 Å². The van der Waals surface area contributed by atoms with Gasteiger partial charge in [0.25, 0.3) is 0 Å². The van der Waals surface area contributed by atoms with Crippen molar-refractivity contribution in [3.8, 4) is 11.5 Å². The number of benzene rings is 1. The maximum absolute atomic E-state index is 5.63. The van der Waals surface area contributed by atoms with Crippen LogP contribution in [0.2, 0.25) is 0 Å². The summed E-state index contributed by atoms with van der Waals surface area (Å²) in [6.07, 6.45) is 23.4. The van der Waals surface area contributed by atoms with E-state index in [2.05, 4.69) is 109 Å². The van der Waals surface area contributed by atoms with Crippen molar-refractivity contribution in [1.29, 1.82) is 0 Å². The van der Waals surface area contributed by atoms with Crippen molar-refractivity contribution in [2.75, 3.05) is 19.9 Å². The Kier molecular flexibility index (Phi) is 16.3. The molecular formula is C38H57NO2. The molecule has 0 unspecified atom stereocenters. The largest absolute Gasteiger partial charge is 0.454 e. The second-order valence-corrected chi connectivity index (χ2v) is 12.3. The van der Waals surface area contributed by atoms with Crippen LogP contribution in [0.4, 0.5) is 0 Å². The van der Waals surface area contributed by atoms with Crippen LogP contribution in [0, 0.1) is 0 Å². The van der Waals surface area contributed by atoms with Crippen molar-refractivity contribution in [1.82, 2.24) is 4.90 Å². The van der Waals surface area contributed by atoms with Gasteiger partial charge in [0.2, 0.25) is 6.79 Å². The van der Waals surface area contributed by atoms with Gasteiger partial charge in [-0.05, 0) is 124 Å². The molecule has 0 bridgehead atoms. The first-order chi connectivity index (χ1) is 19.6. The fourth-order valence-corrected chi connectivity index (χ4v) is 4.75. The molecule has 1 aliphatic rings. The van der Waals surface area contributed by atoms with Crippen LogP contribution in [0.3, 0.4) is 0 Å².